The van der Waals surface area contributed by atoms with Crippen molar-refractivity contribution in [2.75, 3.05) is 12.4 Å². The van der Waals surface area contributed by atoms with Gasteiger partial charge in [-0.1, -0.05) is 24.3 Å². The summed E-state index contributed by atoms with van der Waals surface area (Å²) in [5.74, 6) is -0.419. The lowest BCUT2D eigenvalue weighted by molar-refractivity contribution is -0.141. The van der Waals surface area contributed by atoms with E-state index in [0.717, 1.165) is 11.3 Å². The predicted molar refractivity (Wildman–Crippen MR) is 97.3 cm³/mol. The summed E-state index contributed by atoms with van der Waals surface area (Å²) in [5, 5.41) is 16.5. The van der Waals surface area contributed by atoms with E-state index in [9.17, 15) is 4.79 Å². The number of nitriles is 1. The molecule has 1 aromatic heterocycles. The van der Waals surface area contributed by atoms with Crippen LogP contribution in [0.3, 0.4) is 0 Å². The Morgan fingerprint density at radius 1 is 1.27 bits per heavy atom. The lowest BCUT2D eigenvalue weighted by Crippen LogP contribution is -2.22. The van der Waals surface area contributed by atoms with Crippen LogP contribution >= 0.6 is 0 Å². The molecule has 1 atom stereocenters. The first-order valence-electron chi connectivity index (χ1n) is 8.10. The minimum Gasteiger partial charge on any atom is -0.467 e. The second-order valence-electron chi connectivity index (χ2n) is 5.74. The number of rotatable bonds is 6. The summed E-state index contributed by atoms with van der Waals surface area (Å²) in [7, 11) is 1.35. The lowest BCUT2D eigenvalue weighted by Gasteiger charge is -2.19. The highest BCUT2D eigenvalue weighted by Crippen LogP contribution is 2.23. The monoisotopic (exact) mass is 346 g/mol. The van der Waals surface area contributed by atoms with Gasteiger partial charge in [0.05, 0.1) is 25.3 Å². The number of hydrogen-bond donors (Lipinski definition) is 1. The van der Waals surface area contributed by atoms with Crippen LogP contribution in [-0.4, -0.2) is 22.9 Å². The van der Waals surface area contributed by atoms with Crippen molar-refractivity contribution < 1.29 is 9.53 Å². The van der Waals surface area contributed by atoms with E-state index in [1.165, 1.54) is 7.11 Å². The van der Waals surface area contributed by atoms with Crippen LogP contribution in [0, 0.1) is 11.3 Å². The number of carbonyl (C=O) groups is 1. The molecule has 0 aliphatic rings. The van der Waals surface area contributed by atoms with Crippen molar-refractivity contribution in [2.24, 2.45) is 0 Å². The highest BCUT2D eigenvalue weighted by Gasteiger charge is 2.21. The number of esters is 1. The Kier molecular flexibility index (Phi) is 5.30. The summed E-state index contributed by atoms with van der Waals surface area (Å²) in [4.78, 5) is 12.3. The Hall–Kier alpha value is -3.59. The molecular weight excluding hydrogens is 328 g/mol. The molecule has 26 heavy (non-hydrogen) atoms. The van der Waals surface area contributed by atoms with Crippen LogP contribution < -0.4 is 5.32 Å². The zero-order chi connectivity index (χ0) is 18.4. The molecule has 130 valence electrons. The number of hydrogen-bond acceptors (Lipinski definition) is 5. The van der Waals surface area contributed by atoms with Gasteiger partial charge in [0.25, 0.3) is 0 Å². The quantitative estimate of drug-likeness (QED) is 0.694. The summed E-state index contributed by atoms with van der Waals surface area (Å²) in [5.41, 5.74) is 3.00. The van der Waals surface area contributed by atoms with Crippen LogP contribution in [0.15, 0.2) is 67.0 Å². The van der Waals surface area contributed by atoms with Crippen LogP contribution in [0.1, 0.15) is 22.7 Å². The molecule has 0 aliphatic carbocycles. The van der Waals surface area contributed by atoms with Crippen molar-refractivity contribution in [3.63, 3.8) is 0 Å². The van der Waals surface area contributed by atoms with Gasteiger partial charge < -0.3 is 10.1 Å². The maximum atomic E-state index is 12.3. The highest BCUT2D eigenvalue weighted by molar-refractivity contribution is 5.81. The molecule has 0 aliphatic heterocycles. The third-order valence-corrected chi connectivity index (χ3v) is 3.93. The Bertz CT molecular complexity index is 929. The molecule has 6 heteroatoms. The van der Waals surface area contributed by atoms with E-state index in [4.69, 9.17) is 10.00 Å². The average molecular weight is 346 g/mol. The molecule has 0 radical (unpaired) electrons. The van der Waals surface area contributed by atoms with Crippen molar-refractivity contribution in [2.45, 2.75) is 12.6 Å². The number of carbonyl (C=O) groups excluding carboxylic acids is 1. The fourth-order valence-electron chi connectivity index (χ4n) is 2.69. The maximum Gasteiger partial charge on any atom is 0.332 e. The third-order valence-electron chi connectivity index (χ3n) is 3.93. The summed E-state index contributed by atoms with van der Waals surface area (Å²) in [6.07, 6.45) is 3.63. The molecule has 0 bridgehead atoms. The van der Waals surface area contributed by atoms with Crippen LogP contribution in [0.4, 0.5) is 5.69 Å². The molecule has 6 nitrogen and oxygen atoms in total. The fraction of sp³-hybridized carbons (Fsp3) is 0.150. The summed E-state index contributed by atoms with van der Waals surface area (Å²) in [6.45, 7) is 0.634. The third kappa shape index (κ3) is 4.08. The number of nitrogens with zero attached hydrogens (tertiary/aromatic N) is 3. The molecule has 0 saturated heterocycles. The van der Waals surface area contributed by atoms with Crippen LogP contribution in [0.25, 0.3) is 0 Å². The number of methoxy groups -OCH3 is 1. The van der Waals surface area contributed by atoms with E-state index in [1.807, 2.05) is 41.2 Å². The van der Waals surface area contributed by atoms with Gasteiger partial charge in [0.15, 0.2) is 6.04 Å². The lowest BCUT2D eigenvalue weighted by atomic mass is 10.0. The van der Waals surface area contributed by atoms with Gasteiger partial charge in [-0.15, -0.1) is 0 Å². The highest BCUT2D eigenvalue weighted by atomic mass is 16.5. The molecule has 0 spiro atoms. The van der Waals surface area contributed by atoms with Gasteiger partial charge >= 0.3 is 5.97 Å². The van der Waals surface area contributed by atoms with Gasteiger partial charge in [0.2, 0.25) is 0 Å². The smallest absolute Gasteiger partial charge is 0.332 e. The van der Waals surface area contributed by atoms with Crippen LogP contribution in [0.5, 0.6) is 0 Å². The second-order valence-corrected chi connectivity index (χ2v) is 5.74. The zero-order valence-electron chi connectivity index (χ0n) is 14.3. The van der Waals surface area contributed by atoms with Gasteiger partial charge in [-0.25, -0.2) is 4.79 Å². The van der Waals surface area contributed by atoms with Crippen LogP contribution in [0.2, 0.25) is 0 Å². The molecule has 3 rings (SSSR count). The van der Waals surface area contributed by atoms with Gasteiger partial charge in [0, 0.05) is 18.1 Å². The van der Waals surface area contributed by atoms with Gasteiger partial charge in [-0.05, 0) is 41.5 Å². The Morgan fingerprint density at radius 2 is 2.12 bits per heavy atom. The van der Waals surface area contributed by atoms with Gasteiger partial charge in [-0.3, -0.25) is 4.68 Å². The Morgan fingerprint density at radius 3 is 2.85 bits per heavy atom. The first-order chi connectivity index (χ1) is 12.7. The summed E-state index contributed by atoms with van der Waals surface area (Å²) < 4.78 is 6.76. The van der Waals surface area contributed by atoms with Crippen molar-refractivity contribution >= 4 is 11.7 Å². The first-order valence-corrected chi connectivity index (χ1v) is 8.10. The molecule has 3 aromatic rings. The SMILES string of the molecule is COC(=O)C(Nc1cccc(Cn2cccn2)c1)c1cccc(C#N)c1. The van der Waals surface area contributed by atoms with E-state index in [1.54, 1.807) is 30.5 Å². The number of aromatic nitrogens is 2. The maximum absolute atomic E-state index is 12.3. The Labute approximate surface area is 151 Å². The zero-order valence-corrected chi connectivity index (χ0v) is 14.3. The van der Waals surface area contributed by atoms with E-state index >= 15 is 0 Å². The topological polar surface area (TPSA) is 79.9 Å². The number of anilines is 1. The normalized spacial score (nSPS) is 11.4. The average Bonchev–Trinajstić information content (AvgIpc) is 3.19. The number of ether oxygens (including phenoxy) is 1. The number of benzene rings is 2. The predicted octanol–water partition coefficient (Wildman–Crippen LogP) is 3.13. The van der Waals surface area contributed by atoms with E-state index in [2.05, 4.69) is 16.5 Å². The van der Waals surface area contributed by atoms with Crippen molar-refractivity contribution in [1.82, 2.24) is 9.78 Å². The number of nitrogens with one attached hydrogen (secondary N) is 1. The summed E-state index contributed by atoms with van der Waals surface area (Å²) >= 11 is 0. The minimum atomic E-state index is -0.701. The second kappa shape index (κ2) is 7.99. The molecule has 1 heterocycles. The standard InChI is InChI=1S/C20H18N4O2/c1-26-20(25)19(17-7-2-5-15(11-17)13-21)23-18-8-3-6-16(12-18)14-24-10-4-9-22-24/h2-12,19,23H,14H2,1H3. The minimum absolute atomic E-state index is 0.419. The van der Waals surface area contributed by atoms with Gasteiger partial charge in [0.1, 0.15) is 0 Å². The fourth-order valence-corrected chi connectivity index (χ4v) is 2.69. The van der Waals surface area contributed by atoms with Gasteiger partial charge in [-0.2, -0.15) is 10.4 Å². The van der Waals surface area contributed by atoms with E-state index in [0.29, 0.717) is 17.7 Å². The summed E-state index contributed by atoms with van der Waals surface area (Å²) in [6, 6.07) is 17.9. The first kappa shape index (κ1) is 17.2. The Balaban J connectivity index is 1.85. The van der Waals surface area contributed by atoms with Crippen molar-refractivity contribution in [3.8, 4) is 6.07 Å². The van der Waals surface area contributed by atoms with Crippen molar-refractivity contribution in [1.29, 1.82) is 5.26 Å². The van der Waals surface area contributed by atoms with E-state index < -0.39 is 12.0 Å². The van der Waals surface area contributed by atoms with E-state index in [-0.39, 0.29) is 0 Å². The molecular formula is C20H18N4O2. The van der Waals surface area contributed by atoms with Crippen molar-refractivity contribution in [3.05, 3.63) is 83.7 Å². The molecule has 0 fully saturated rings. The molecule has 0 saturated carbocycles. The molecule has 0 amide bonds. The largest absolute Gasteiger partial charge is 0.467 e. The molecule has 1 unspecified atom stereocenters. The van der Waals surface area contributed by atoms with Crippen LogP contribution in [-0.2, 0) is 16.1 Å². The molecule has 1 N–H and O–H groups in total. The molecule has 2 aromatic carbocycles.